The summed E-state index contributed by atoms with van der Waals surface area (Å²) in [5.41, 5.74) is -0.0573. The summed E-state index contributed by atoms with van der Waals surface area (Å²) >= 11 is 5.96. The average molecular weight is 285 g/mol. The van der Waals surface area contributed by atoms with Crippen LogP contribution in [0.5, 0.6) is 0 Å². The first-order chi connectivity index (χ1) is 9.04. The first kappa shape index (κ1) is 14.4. The average Bonchev–Trinajstić information content (AvgIpc) is 2.76. The molecule has 0 amide bonds. The van der Waals surface area contributed by atoms with Crippen molar-refractivity contribution in [3.8, 4) is 0 Å². The van der Waals surface area contributed by atoms with Crippen LogP contribution in [0.4, 0.5) is 0 Å². The van der Waals surface area contributed by atoms with E-state index < -0.39 is 0 Å². The molecule has 1 fully saturated rings. The third kappa shape index (κ3) is 2.94. The highest BCUT2D eigenvalue weighted by Gasteiger charge is 2.25. The van der Waals surface area contributed by atoms with Gasteiger partial charge in [-0.1, -0.05) is 44.7 Å². The van der Waals surface area contributed by atoms with Crippen molar-refractivity contribution in [2.45, 2.75) is 52.5 Å². The zero-order chi connectivity index (χ0) is 14.0. The lowest BCUT2D eigenvalue weighted by atomic mass is 9.98. The fraction of sp³-hybridized carbons (Fsp3) is 0.714. The fourth-order valence-corrected chi connectivity index (χ4v) is 3.20. The van der Waals surface area contributed by atoms with E-state index in [1.807, 2.05) is 6.92 Å². The van der Waals surface area contributed by atoms with Gasteiger partial charge in [0.15, 0.2) is 0 Å². The number of halogens is 1. The number of aromatic amines is 1. The van der Waals surface area contributed by atoms with Crippen molar-refractivity contribution >= 4 is 11.6 Å². The maximum absolute atomic E-state index is 12.4. The van der Waals surface area contributed by atoms with Gasteiger partial charge in [0, 0.05) is 6.54 Å². The lowest BCUT2D eigenvalue weighted by molar-refractivity contribution is 0.351. The van der Waals surface area contributed by atoms with E-state index in [9.17, 15) is 9.59 Å². The maximum atomic E-state index is 12.4. The van der Waals surface area contributed by atoms with E-state index in [4.69, 9.17) is 11.6 Å². The van der Waals surface area contributed by atoms with Gasteiger partial charge in [0.2, 0.25) is 0 Å². The van der Waals surface area contributed by atoms with E-state index in [0.717, 1.165) is 12.8 Å². The van der Waals surface area contributed by atoms with Crippen LogP contribution in [0.3, 0.4) is 0 Å². The van der Waals surface area contributed by atoms with E-state index in [0.29, 0.717) is 30.4 Å². The van der Waals surface area contributed by atoms with Gasteiger partial charge in [-0.25, -0.2) is 4.79 Å². The Bertz CT molecular complexity index is 562. The Hall–Kier alpha value is -1.03. The number of nitrogens with zero attached hydrogens (tertiary/aromatic N) is 1. The highest BCUT2D eigenvalue weighted by Crippen LogP contribution is 2.31. The van der Waals surface area contributed by atoms with Gasteiger partial charge in [-0.2, -0.15) is 0 Å². The molecule has 0 bridgehead atoms. The van der Waals surface area contributed by atoms with Crippen LogP contribution >= 0.6 is 11.6 Å². The van der Waals surface area contributed by atoms with Crippen LogP contribution in [0.2, 0.25) is 5.15 Å². The van der Waals surface area contributed by atoms with Gasteiger partial charge in [-0.3, -0.25) is 14.3 Å². The third-order valence-electron chi connectivity index (χ3n) is 4.19. The number of aromatic nitrogens is 2. The SMILES string of the molecule is CCCc1c(Cl)[nH]c(=O)n(CC2CCCC2C)c1=O. The van der Waals surface area contributed by atoms with E-state index >= 15 is 0 Å². The molecule has 2 unspecified atom stereocenters. The van der Waals surface area contributed by atoms with E-state index in [-0.39, 0.29) is 16.4 Å². The summed E-state index contributed by atoms with van der Waals surface area (Å²) in [4.78, 5) is 26.9. The molecule has 2 atom stereocenters. The minimum Gasteiger partial charge on any atom is -0.297 e. The molecule has 1 aromatic heterocycles. The van der Waals surface area contributed by atoms with Crippen molar-refractivity contribution in [2.75, 3.05) is 0 Å². The van der Waals surface area contributed by atoms with E-state index in [1.165, 1.54) is 17.4 Å². The van der Waals surface area contributed by atoms with Gasteiger partial charge in [-0.05, 0) is 24.7 Å². The molecule has 5 heteroatoms. The summed E-state index contributed by atoms with van der Waals surface area (Å²) in [5.74, 6) is 1.01. The van der Waals surface area contributed by atoms with E-state index in [1.54, 1.807) is 0 Å². The molecule has 1 N–H and O–H groups in total. The van der Waals surface area contributed by atoms with Gasteiger partial charge in [0.05, 0.1) is 5.56 Å². The second kappa shape index (κ2) is 5.95. The molecule has 2 rings (SSSR count). The minimum absolute atomic E-state index is 0.201. The monoisotopic (exact) mass is 284 g/mol. The molecule has 1 heterocycles. The highest BCUT2D eigenvalue weighted by atomic mass is 35.5. The van der Waals surface area contributed by atoms with Crippen LogP contribution in [-0.2, 0) is 13.0 Å². The minimum atomic E-state index is -0.381. The smallest absolute Gasteiger partial charge is 0.297 e. The summed E-state index contributed by atoms with van der Waals surface area (Å²) in [6, 6.07) is 0. The maximum Gasteiger partial charge on any atom is 0.329 e. The highest BCUT2D eigenvalue weighted by molar-refractivity contribution is 6.30. The van der Waals surface area contributed by atoms with Gasteiger partial charge < -0.3 is 0 Å². The van der Waals surface area contributed by atoms with Gasteiger partial charge in [-0.15, -0.1) is 0 Å². The quantitative estimate of drug-likeness (QED) is 0.864. The lowest BCUT2D eigenvalue weighted by Crippen LogP contribution is -2.39. The fourth-order valence-electron chi connectivity index (χ4n) is 2.95. The molecule has 106 valence electrons. The van der Waals surface area contributed by atoms with Crippen molar-refractivity contribution in [1.82, 2.24) is 9.55 Å². The largest absolute Gasteiger partial charge is 0.329 e. The van der Waals surface area contributed by atoms with Crippen LogP contribution in [0.25, 0.3) is 0 Å². The molecule has 0 radical (unpaired) electrons. The number of hydrogen-bond donors (Lipinski definition) is 1. The standard InChI is InChI=1S/C14H21ClN2O2/c1-3-5-11-12(15)16-14(19)17(13(11)18)8-10-7-4-6-9(10)2/h9-10H,3-8H2,1-2H3,(H,16,19). The summed E-state index contributed by atoms with van der Waals surface area (Å²) in [7, 11) is 0. The molecule has 1 aromatic rings. The molecule has 0 aromatic carbocycles. The first-order valence-electron chi connectivity index (χ1n) is 7.06. The molecule has 4 nitrogen and oxygen atoms in total. The molecule has 19 heavy (non-hydrogen) atoms. The van der Waals surface area contributed by atoms with Crippen LogP contribution in [-0.4, -0.2) is 9.55 Å². The lowest BCUT2D eigenvalue weighted by Gasteiger charge is -2.16. The van der Waals surface area contributed by atoms with Crippen LogP contribution in [0.15, 0.2) is 9.59 Å². The topological polar surface area (TPSA) is 54.9 Å². The van der Waals surface area contributed by atoms with Gasteiger partial charge >= 0.3 is 5.69 Å². The Morgan fingerprint density at radius 3 is 2.68 bits per heavy atom. The second-order valence-electron chi connectivity index (χ2n) is 5.56. The molecular formula is C14H21ClN2O2. The van der Waals surface area contributed by atoms with Crippen molar-refractivity contribution in [3.05, 3.63) is 31.6 Å². The molecule has 0 aliphatic heterocycles. The Labute approximate surface area is 117 Å². The zero-order valence-electron chi connectivity index (χ0n) is 11.5. The van der Waals surface area contributed by atoms with Crippen LogP contribution in [0.1, 0.15) is 45.1 Å². The Kier molecular flexibility index (Phi) is 4.50. The first-order valence-corrected chi connectivity index (χ1v) is 7.43. The Morgan fingerprint density at radius 2 is 2.11 bits per heavy atom. The predicted octanol–water partition coefficient (Wildman–Crippen LogP) is 2.58. The van der Waals surface area contributed by atoms with Gasteiger partial charge in [0.1, 0.15) is 5.15 Å². The Morgan fingerprint density at radius 1 is 1.37 bits per heavy atom. The summed E-state index contributed by atoms with van der Waals surface area (Å²) < 4.78 is 1.34. The summed E-state index contributed by atoms with van der Waals surface area (Å²) in [6.07, 6.45) is 4.91. The van der Waals surface area contributed by atoms with Crippen LogP contribution in [0, 0.1) is 11.8 Å². The van der Waals surface area contributed by atoms with Crippen molar-refractivity contribution in [3.63, 3.8) is 0 Å². The van der Waals surface area contributed by atoms with Crippen molar-refractivity contribution in [2.24, 2.45) is 11.8 Å². The molecular weight excluding hydrogens is 264 g/mol. The van der Waals surface area contributed by atoms with E-state index in [2.05, 4.69) is 11.9 Å². The normalized spacial score (nSPS) is 22.9. The molecule has 1 saturated carbocycles. The second-order valence-corrected chi connectivity index (χ2v) is 5.93. The Balaban J connectivity index is 2.37. The number of rotatable bonds is 4. The van der Waals surface area contributed by atoms with Crippen molar-refractivity contribution < 1.29 is 0 Å². The summed E-state index contributed by atoms with van der Waals surface area (Å²) in [6.45, 7) is 4.70. The van der Waals surface area contributed by atoms with Crippen LogP contribution < -0.4 is 11.2 Å². The molecule has 1 aliphatic rings. The molecule has 0 spiro atoms. The van der Waals surface area contributed by atoms with Crippen molar-refractivity contribution in [1.29, 1.82) is 0 Å². The number of hydrogen-bond acceptors (Lipinski definition) is 2. The third-order valence-corrected chi connectivity index (χ3v) is 4.51. The number of nitrogens with one attached hydrogen (secondary N) is 1. The zero-order valence-corrected chi connectivity index (χ0v) is 12.3. The predicted molar refractivity (Wildman–Crippen MR) is 76.8 cm³/mol. The van der Waals surface area contributed by atoms with Gasteiger partial charge in [0.25, 0.3) is 5.56 Å². The molecule has 1 aliphatic carbocycles. The molecule has 0 saturated heterocycles. The number of H-pyrrole nitrogens is 1. The summed E-state index contributed by atoms with van der Waals surface area (Å²) in [5, 5.41) is 0.201.